The van der Waals surface area contributed by atoms with Crippen molar-refractivity contribution < 1.29 is 19.0 Å². The molecule has 4 heteroatoms. The summed E-state index contributed by atoms with van der Waals surface area (Å²) >= 11 is 0. The highest BCUT2D eigenvalue weighted by Gasteiger charge is 2.21. The Bertz CT molecular complexity index is 756. The van der Waals surface area contributed by atoms with Crippen LogP contribution >= 0.6 is 0 Å². The van der Waals surface area contributed by atoms with Gasteiger partial charge in [0.2, 0.25) is 0 Å². The van der Waals surface area contributed by atoms with Gasteiger partial charge in [-0.3, -0.25) is 0 Å². The molecule has 0 fully saturated rings. The largest absolute Gasteiger partial charge is 0.508 e. The minimum Gasteiger partial charge on any atom is -0.508 e. The van der Waals surface area contributed by atoms with Crippen LogP contribution in [0, 0.1) is 11.6 Å². The molecule has 1 aliphatic carbocycles. The highest BCUT2D eigenvalue weighted by atomic mass is 19.1. The fraction of sp³-hybridized carbons (Fsp3) is 0.222. The van der Waals surface area contributed by atoms with Gasteiger partial charge in [-0.25, -0.2) is 8.78 Å². The lowest BCUT2D eigenvalue weighted by molar-refractivity contribution is 0.459. The van der Waals surface area contributed by atoms with Gasteiger partial charge in [0.1, 0.15) is 23.1 Å². The van der Waals surface area contributed by atoms with Gasteiger partial charge in [0.05, 0.1) is 0 Å². The maximum atomic E-state index is 14.2. The number of phenols is 2. The molecular formula is C18H16F2O2. The second-order valence-electron chi connectivity index (χ2n) is 5.58. The zero-order valence-electron chi connectivity index (χ0n) is 12.2. The number of aryl methyl sites for hydroxylation is 1. The summed E-state index contributed by atoms with van der Waals surface area (Å²) in [6.07, 6.45) is 2.02. The van der Waals surface area contributed by atoms with Crippen molar-refractivity contribution >= 4 is 11.1 Å². The topological polar surface area (TPSA) is 40.5 Å². The van der Waals surface area contributed by atoms with Crippen LogP contribution in [0.3, 0.4) is 0 Å². The fourth-order valence-corrected chi connectivity index (χ4v) is 3.12. The molecular weight excluding hydrogens is 286 g/mol. The van der Waals surface area contributed by atoms with Gasteiger partial charge in [-0.2, -0.15) is 0 Å². The zero-order valence-corrected chi connectivity index (χ0v) is 12.2. The standard InChI is InChI=1S/C18H16F2O2/c1-10-14-6-5-12(21)7-11(14)3-2-4-15(10)18-16(19)8-13(22)9-17(18)20/h5-9,21-22H,2-4H2,1H3. The molecule has 0 aromatic heterocycles. The molecule has 0 unspecified atom stereocenters. The van der Waals surface area contributed by atoms with Crippen molar-refractivity contribution in [3.63, 3.8) is 0 Å². The van der Waals surface area contributed by atoms with E-state index in [2.05, 4.69) is 0 Å². The summed E-state index contributed by atoms with van der Waals surface area (Å²) in [5.41, 5.74) is 3.22. The maximum absolute atomic E-state index is 14.2. The predicted molar refractivity (Wildman–Crippen MR) is 81.6 cm³/mol. The van der Waals surface area contributed by atoms with E-state index in [9.17, 15) is 19.0 Å². The number of phenolic OH excluding ortho intramolecular Hbond substituents is 2. The van der Waals surface area contributed by atoms with Crippen LogP contribution in [-0.4, -0.2) is 10.2 Å². The molecule has 2 aromatic rings. The molecule has 114 valence electrons. The number of hydrogen-bond acceptors (Lipinski definition) is 2. The predicted octanol–water partition coefficient (Wildman–Crippen LogP) is 4.64. The van der Waals surface area contributed by atoms with Crippen LogP contribution in [0.5, 0.6) is 11.5 Å². The fourth-order valence-electron chi connectivity index (χ4n) is 3.12. The molecule has 0 saturated heterocycles. The van der Waals surface area contributed by atoms with Gasteiger partial charge < -0.3 is 10.2 Å². The first-order valence-corrected chi connectivity index (χ1v) is 7.18. The molecule has 22 heavy (non-hydrogen) atoms. The summed E-state index contributed by atoms with van der Waals surface area (Å²) in [7, 11) is 0. The second-order valence-corrected chi connectivity index (χ2v) is 5.58. The van der Waals surface area contributed by atoms with E-state index in [0.29, 0.717) is 12.0 Å². The van der Waals surface area contributed by atoms with Gasteiger partial charge in [-0.15, -0.1) is 0 Å². The van der Waals surface area contributed by atoms with E-state index in [1.807, 2.05) is 6.92 Å². The van der Waals surface area contributed by atoms with Crippen LogP contribution in [0.15, 0.2) is 30.3 Å². The molecule has 0 saturated carbocycles. The molecule has 0 heterocycles. The molecule has 0 bridgehead atoms. The lowest BCUT2D eigenvalue weighted by atomic mass is 9.93. The minimum atomic E-state index is -0.755. The van der Waals surface area contributed by atoms with Crippen LogP contribution in [0.4, 0.5) is 8.78 Å². The first-order valence-electron chi connectivity index (χ1n) is 7.18. The summed E-state index contributed by atoms with van der Waals surface area (Å²) in [4.78, 5) is 0. The van der Waals surface area contributed by atoms with Crippen molar-refractivity contribution in [2.24, 2.45) is 0 Å². The van der Waals surface area contributed by atoms with Crippen LogP contribution in [-0.2, 0) is 6.42 Å². The summed E-state index contributed by atoms with van der Waals surface area (Å²) in [5, 5.41) is 18.9. The molecule has 0 amide bonds. The van der Waals surface area contributed by atoms with Crippen LogP contribution in [0.2, 0.25) is 0 Å². The summed E-state index contributed by atoms with van der Waals surface area (Å²) in [6, 6.07) is 6.92. The average Bonchev–Trinajstić information content (AvgIpc) is 2.58. The minimum absolute atomic E-state index is 0.0729. The van der Waals surface area contributed by atoms with E-state index in [0.717, 1.165) is 41.7 Å². The Kier molecular flexibility index (Phi) is 3.61. The normalized spacial score (nSPS) is 14.7. The first-order chi connectivity index (χ1) is 10.5. The molecule has 0 atom stereocenters. The van der Waals surface area contributed by atoms with Crippen LogP contribution < -0.4 is 0 Å². The Morgan fingerprint density at radius 2 is 1.59 bits per heavy atom. The lowest BCUT2D eigenvalue weighted by Crippen LogP contribution is -1.97. The quantitative estimate of drug-likeness (QED) is 0.805. The monoisotopic (exact) mass is 302 g/mol. The van der Waals surface area contributed by atoms with Crippen molar-refractivity contribution in [1.29, 1.82) is 0 Å². The first kappa shape index (κ1) is 14.6. The number of aromatic hydroxyl groups is 2. The molecule has 0 aliphatic heterocycles. The summed E-state index contributed by atoms with van der Waals surface area (Å²) < 4.78 is 28.3. The van der Waals surface area contributed by atoms with E-state index in [1.165, 1.54) is 0 Å². The zero-order chi connectivity index (χ0) is 15.9. The van der Waals surface area contributed by atoms with Gasteiger partial charge in [0, 0.05) is 17.7 Å². The molecule has 2 nitrogen and oxygen atoms in total. The van der Waals surface area contributed by atoms with E-state index >= 15 is 0 Å². The Morgan fingerprint density at radius 3 is 2.27 bits per heavy atom. The van der Waals surface area contributed by atoms with E-state index in [4.69, 9.17) is 0 Å². The molecule has 0 radical (unpaired) electrons. The van der Waals surface area contributed by atoms with Crippen molar-refractivity contribution in [2.75, 3.05) is 0 Å². The summed E-state index contributed by atoms with van der Waals surface area (Å²) in [5.74, 6) is -1.74. The number of hydrogen-bond donors (Lipinski definition) is 2. The highest BCUT2D eigenvalue weighted by molar-refractivity contribution is 5.91. The van der Waals surface area contributed by atoms with Gasteiger partial charge in [-0.05, 0) is 60.6 Å². The van der Waals surface area contributed by atoms with Gasteiger partial charge in [0.25, 0.3) is 0 Å². The molecule has 0 spiro atoms. The van der Waals surface area contributed by atoms with E-state index < -0.39 is 17.4 Å². The van der Waals surface area contributed by atoms with Crippen LogP contribution in [0.25, 0.3) is 11.1 Å². The molecule has 2 aromatic carbocycles. The third kappa shape index (κ3) is 2.45. The molecule has 2 N–H and O–H groups in total. The highest BCUT2D eigenvalue weighted by Crippen LogP contribution is 2.39. The van der Waals surface area contributed by atoms with Crippen LogP contribution in [0.1, 0.15) is 36.5 Å². The lowest BCUT2D eigenvalue weighted by Gasteiger charge is -2.13. The number of rotatable bonds is 1. The maximum Gasteiger partial charge on any atom is 0.137 e. The Morgan fingerprint density at radius 1 is 0.909 bits per heavy atom. The Labute approximate surface area is 127 Å². The smallest absolute Gasteiger partial charge is 0.137 e. The average molecular weight is 302 g/mol. The van der Waals surface area contributed by atoms with Crippen molar-refractivity contribution in [3.05, 3.63) is 58.7 Å². The number of allylic oxidation sites excluding steroid dienone is 2. The number of benzene rings is 2. The Balaban J connectivity index is 2.22. The SMILES string of the molecule is CC1=C(c2c(F)cc(O)cc2F)CCCc2cc(O)ccc21. The number of halogens is 2. The van der Waals surface area contributed by atoms with Crippen molar-refractivity contribution in [2.45, 2.75) is 26.2 Å². The van der Waals surface area contributed by atoms with Gasteiger partial charge >= 0.3 is 0 Å². The van der Waals surface area contributed by atoms with Gasteiger partial charge in [-0.1, -0.05) is 6.07 Å². The van der Waals surface area contributed by atoms with E-state index in [1.54, 1.807) is 18.2 Å². The number of fused-ring (bicyclic) bond motifs is 1. The van der Waals surface area contributed by atoms with Crippen molar-refractivity contribution in [1.82, 2.24) is 0 Å². The third-order valence-corrected chi connectivity index (χ3v) is 4.15. The third-order valence-electron chi connectivity index (χ3n) is 4.15. The molecule has 3 rings (SSSR count). The second kappa shape index (κ2) is 5.44. The summed E-state index contributed by atoms with van der Waals surface area (Å²) in [6.45, 7) is 1.84. The van der Waals surface area contributed by atoms with Gasteiger partial charge in [0.15, 0.2) is 0 Å². The van der Waals surface area contributed by atoms with Crippen molar-refractivity contribution in [3.8, 4) is 11.5 Å². The van der Waals surface area contributed by atoms with E-state index in [-0.39, 0.29) is 11.3 Å². The molecule has 1 aliphatic rings. The Hall–Kier alpha value is -2.36.